The Balaban J connectivity index is 1.97. The molecule has 1 saturated carbocycles. The summed E-state index contributed by atoms with van der Waals surface area (Å²) in [6, 6.07) is 10.9. The van der Waals surface area contributed by atoms with Gasteiger partial charge in [0.2, 0.25) is 0 Å². The van der Waals surface area contributed by atoms with E-state index in [0.717, 1.165) is 50.8 Å². The van der Waals surface area contributed by atoms with Crippen molar-refractivity contribution < 1.29 is 4.74 Å². The standard InChI is InChI=1S/C18H26N2O/c1-3-6-15-8-10-16(11-9-15)21-17-7-5-12-18(13-17,14-19)20-4-2/h8-11,17,20H,3-7,12-13H2,1-2H3. The molecule has 1 fully saturated rings. The molecule has 0 radical (unpaired) electrons. The topological polar surface area (TPSA) is 45.0 Å². The number of nitrogens with one attached hydrogen (secondary N) is 1. The second-order valence-corrected chi connectivity index (χ2v) is 5.95. The highest BCUT2D eigenvalue weighted by molar-refractivity contribution is 5.27. The summed E-state index contributed by atoms with van der Waals surface area (Å²) in [4.78, 5) is 0. The van der Waals surface area contributed by atoms with Crippen LogP contribution in [0.25, 0.3) is 0 Å². The lowest BCUT2D eigenvalue weighted by molar-refractivity contribution is 0.113. The maximum absolute atomic E-state index is 9.48. The van der Waals surface area contributed by atoms with Crippen LogP contribution in [0.5, 0.6) is 5.75 Å². The zero-order valence-electron chi connectivity index (χ0n) is 13.2. The number of nitriles is 1. The van der Waals surface area contributed by atoms with Crippen molar-refractivity contribution in [1.82, 2.24) is 5.32 Å². The third-order valence-corrected chi connectivity index (χ3v) is 4.20. The summed E-state index contributed by atoms with van der Waals surface area (Å²) in [6.45, 7) is 5.07. The second-order valence-electron chi connectivity index (χ2n) is 5.95. The Morgan fingerprint density at radius 2 is 2.10 bits per heavy atom. The van der Waals surface area contributed by atoms with Crippen molar-refractivity contribution in [2.75, 3.05) is 6.54 Å². The van der Waals surface area contributed by atoms with E-state index in [2.05, 4.69) is 49.5 Å². The number of hydrogen-bond acceptors (Lipinski definition) is 3. The summed E-state index contributed by atoms with van der Waals surface area (Å²) < 4.78 is 6.10. The van der Waals surface area contributed by atoms with Gasteiger partial charge in [0.25, 0.3) is 0 Å². The van der Waals surface area contributed by atoms with Crippen LogP contribution in [0.1, 0.15) is 51.5 Å². The maximum atomic E-state index is 9.48. The molecular weight excluding hydrogens is 260 g/mol. The van der Waals surface area contributed by atoms with E-state index in [-0.39, 0.29) is 6.10 Å². The lowest BCUT2D eigenvalue weighted by Crippen LogP contribution is -2.49. The highest BCUT2D eigenvalue weighted by Gasteiger charge is 2.36. The first-order chi connectivity index (χ1) is 10.2. The number of benzene rings is 1. The molecule has 0 aromatic heterocycles. The average molecular weight is 286 g/mol. The lowest BCUT2D eigenvalue weighted by Gasteiger charge is -2.36. The summed E-state index contributed by atoms with van der Waals surface area (Å²) in [6.07, 6.45) is 6.18. The van der Waals surface area contributed by atoms with Gasteiger partial charge in [0.15, 0.2) is 0 Å². The molecule has 1 aliphatic carbocycles. The molecule has 114 valence electrons. The second kappa shape index (κ2) is 7.47. The molecule has 0 saturated heterocycles. The quantitative estimate of drug-likeness (QED) is 0.864. The first-order valence-corrected chi connectivity index (χ1v) is 8.13. The van der Waals surface area contributed by atoms with Crippen molar-refractivity contribution in [1.29, 1.82) is 5.26 Å². The summed E-state index contributed by atoms with van der Waals surface area (Å²) in [5.41, 5.74) is 0.951. The first-order valence-electron chi connectivity index (χ1n) is 8.13. The fraction of sp³-hybridized carbons (Fsp3) is 0.611. The lowest BCUT2D eigenvalue weighted by atomic mass is 9.81. The highest BCUT2D eigenvalue weighted by atomic mass is 16.5. The first kappa shape index (κ1) is 15.9. The van der Waals surface area contributed by atoms with Gasteiger partial charge >= 0.3 is 0 Å². The molecular formula is C18H26N2O. The van der Waals surface area contributed by atoms with Crippen LogP contribution in [-0.2, 0) is 6.42 Å². The van der Waals surface area contributed by atoms with Crippen LogP contribution in [0.3, 0.4) is 0 Å². The van der Waals surface area contributed by atoms with Crippen molar-refractivity contribution in [2.24, 2.45) is 0 Å². The number of aryl methyl sites for hydroxylation is 1. The van der Waals surface area contributed by atoms with Crippen molar-refractivity contribution in [2.45, 2.75) is 64.0 Å². The molecule has 3 heteroatoms. The number of hydrogen-bond donors (Lipinski definition) is 1. The largest absolute Gasteiger partial charge is 0.490 e. The molecule has 1 N–H and O–H groups in total. The van der Waals surface area contributed by atoms with Crippen molar-refractivity contribution in [3.8, 4) is 11.8 Å². The highest BCUT2D eigenvalue weighted by Crippen LogP contribution is 2.30. The molecule has 0 heterocycles. The zero-order chi connectivity index (χ0) is 15.1. The molecule has 0 amide bonds. The van der Waals surface area contributed by atoms with Gasteiger partial charge in [-0.3, -0.25) is 5.32 Å². The molecule has 21 heavy (non-hydrogen) atoms. The minimum atomic E-state index is -0.403. The predicted molar refractivity (Wildman–Crippen MR) is 85.3 cm³/mol. The zero-order valence-corrected chi connectivity index (χ0v) is 13.2. The van der Waals surface area contributed by atoms with E-state index in [0.29, 0.717) is 0 Å². The van der Waals surface area contributed by atoms with E-state index < -0.39 is 5.54 Å². The van der Waals surface area contributed by atoms with Crippen LogP contribution in [0.4, 0.5) is 0 Å². The normalized spacial score (nSPS) is 25.3. The molecule has 1 aromatic rings. The van der Waals surface area contributed by atoms with Crippen LogP contribution in [0.15, 0.2) is 24.3 Å². The molecule has 0 bridgehead atoms. The Morgan fingerprint density at radius 3 is 2.71 bits per heavy atom. The average Bonchev–Trinajstić information content (AvgIpc) is 2.50. The van der Waals surface area contributed by atoms with Gasteiger partial charge in [-0.05, 0) is 49.9 Å². The van der Waals surface area contributed by atoms with E-state index in [9.17, 15) is 5.26 Å². The van der Waals surface area contributed by atoms with Crippen molar-refractivity contribution in [3.05, 3.63) is 29.8 Å². The molecule has 0 aliphatic heterocycles. The van der Waals surface area contributed by atoms with E-state index >= 15 is 0 Å². The fourth-order valence-electron chi connectivity index (χ4n) is 3.18. The number of ether oxygens (including phenoxy) is 1. The molecule has 1 aliphatic rings. The van der Waals surface area contributed by atoms with Gasteiger partial charge in [-0.2, -0.15) is 5.26 Å². The Kier molecular flexibility index (Phi) is 5.64. The molecule has 1 aromatic carbocycles. The Labute approximate surface area is 128 Å². The SMILES string of the molecule is CCCc1ccc(OC2CCCC(C#N)(NCC)C2)cc1. The van der Waals surface area contributed by atoms with Crippen LogP contribution in [-0.4, -0.2) is 18.2 Å². The Bertz CT molecular complexity index is 473. The number of rotatable bonds is 6. The monoisotopic (exact) mass is 286 g/mol. The maximum Gasteiger partial charge on any atom is 0.119 e. The Morgan fingerprint density at radius 1 is 1.33 bits per heavy atom. The van der Waals surface area contributed by atoms with Gasteiger partial charge in [-0.25, -0.2) is 0 Å². The van der Waals surface area contributed by atoms with E-state index in [4.69, 9.17) is 4.74 Å². The summed E-state index contributed by atoms with van der Waals surface area (Å²) >= 11 is 0. The molecule has 2 atom stereocenters. The minimum absolute atomic E-state index is 0.134. The van der Waals surface area contributed by atoms with Gasteiger partial charge < -0.3 is 4.74 Å². The molecule has 3 nitrogen and oxygen atoms in total. The Hall–Kier alpha value is -1.53. The van der Waals surface area contributed by atoms with Crippen molar-refractivity contribution in [3.63, 3.8) is 0 Å². The van der Waals surface area contributed by atoms with Gasteiger partial charge in [-0.15, -0.1) is 0 Å². The van der Waals surface area contributed by atoms with E-state index in [1.54, 1.807) is 0 Å². The van der Waals surface area contributed by atoms with Gasteiger partial charge in [-0.1, -0.05) is 32.4 Å². The fourth-order valence-corrected chi connectivity index (χ4v) is 3.18. The van der Waals surface area contributed by atoms with Crippen molar-refractivity contribution >= 4 is 0 Å². The minimum Gasteiger partial charge on any atom is -0.490 e. The third kappa shape index (κ3) is 4.22. The van der Waals surface area contributed by atoms with Gasteiger partial charge in [0, 0.05) is 6.42 Å². The van der Waals surface area contributed by atoms with Crippen LogP contribution < -0.4 is 10.1 Å². The summed E-state index contributed by atoms with van der Waals surface area (Å²) in [7, 11) is 0. The van der Waals surface area contributed by atoms with Gasteiger partial charge in [0.1, 0.15) is 17.4 Å². The molecule has 2 unspecified atom stereocenters. The summed E-state index contributed by atoms with van der Waals surface area (Å²) in [5.74, 6) is 0.921. The van der Waals surface area contributed by atoms with Gasteiger partial charge in [0.05, 0.1) is 6.07 Å². The van der Waals surface area contributed by atoms with E-state index in [1.165, 1.54) is 5.56 Å². The molecule has 2 rings (SSSR count). The third-order valence-electron chi connectivity index (χ3n) is 4.20. The smallest absolute Gasteiger partial charge is 0.119 e. The summed E-state index contributed by atoms with van der Waals surface area (Å²) in [5, 5.41) is 12.8. The number of nitrogens with zero attached hydrogens (tertiary/aromatic N) is 1. The molecule has 0 spiro atoms. The van der Waals surface area contributed by atoms with Crippen LogP contribution in [0.2, 0.25) is 0 Å². The van der Waals surface area contributed by atoms with Crippen LogP contribution in [0, 0.1) is 11.3 Å². The van der Waals surface area contributed by atoms with Crippen LogP contribution >= 0.6 is 0 Å². The van der Waals surface area contributed by atoms with E-state index in [1.807, 2.05) is 0 Å². The predicted octanol–water partition coefficient (Wildman–Crippen LogP) is 3.83.